The topological polar surface area (TPSA) is 161 Å². The van der Waals surface area contributed by atoms with Gasteiger partial charge in [0.15, 0.2) is 0 Å². The van der Waals surface area contributed by atoms with Crippen LogP contribution >= 0.6 is 0 Å². The summed E-state index contributed by atoms with van der Waals surface area (Å²) < 4.78 is 0. The molecular formula is C9H19NO8. The zero-order valence-corrected chi connectivity index (χ0v) is 10.6. The van der Waals surface area contributed by atoms with E-state index < -0.39 is 23.9 Å². The summed E-state index contributed by atoms with van der Waals surface area (Å²) in [6, 6.07) is 0. The Kier molecular flexibility index (Phi) is 28.0. The number of rotatable bonds is 2. The highest BCUT2D eigenvalue weighted by atomic mass is 16.4. The van der Waals surface area contributed by atoms with Gasteiger partial charge in [-0.1, -0.05) is 0 Å². The van der Waals surface area contributed by atoms with Crippen LogP contribution in [0.15, 0.2) is 0 Å². The van der Waals surface area contributed by atoms with Gasteiger partial charge in [0, 0.05) is 20.8 Å². The number of nitrogens with one attached hydrogen (secondary N) is 1. The number of hydrogen-bond acceptors (Lipinski definition) is 5. The van der Waals surface area contributed by atoms with E-state index in [0.717, 1.165) is 20.8 Å². The van der Waals surface area contributed by atoms with E-state index in [1.807, 2.05) is 0 Å². The fourth-order valence-electron chi connectivity index (χ4n) is 0.151. The Bertz CT molecular complexity index is 210. The van der Waals surface area contributed by atoms with Crippen molar-refractivity contribution >= 4 is 23.9 Å². The highest BCUT2D eigenvalue weighted by Gasteiger charge is 1.86. The first kappa shape index (κ1) is 24.9. The molecule has 0 aromatic carbocycles. The zero-order valence-electron chi connectivity index (χ0n) is 10.6. The minimum atomic E-state index is -0.833. The van der Waals surface area contributed by atoms with E-state index in [1.54, 1.807) is 7.05 Å². The lowest BCUT2D eigenvalue weighted by atomic mass is 10.7. The van der Waals surface area contributed by atoms with Gasteiger partial charge in [-0.25, -0.2) is 0 Å². The number of likely N-dealkylation sites (N-methyl/N-ethyl adjacent to an activating group) is 1. The quantitative estimate of drug-likeness (QED) is 0.447. The van der Waals surface area contributed by atoms with E-state index in [-0.39, 0.29) is 6.54 Å². The third-order valence-electron chi connectivity index (χ3n) is 0.328. The number of carbonyl (C=O) groups is 4. The van der Waals surface area contributed by atoms with Gasteiger partial charge in [-0.15, -0.1) is 0 Å². The Morgan fingerprint density at radius 2 is 0.944 bits per heavy atom. The molecule has 0 heterocycles. The van der Waals surface area contributed by atoms with E-state index in [1.165, 1.54) is 0 Å². The molecule has 0 aromatic heterocycles. The predicted octanol–water partition coefficient (Wildman–Crippen LogP) is -0.437. The molecule has 0 unspecified atom stereocenters. The molecule has 0 bridgehead atoms. The van der Waals surface area contributed by atoms with Crippen LogP contribution < -0.4 is 5.32 Å². The van der Waals surface area contributed by atoms with Crippen LogP contribution in [0.1, 0.15) is 20.8 Å². The summed E-state index contributed by atoms with van der Waals surface area (Å²) >= 11 is 0. The van der Waals surface area contributed by atoms with Gasteiger partial charge >= 0.3 is 5.97 Å². The van der Waals surface area contributed by atoms with Gasteiger partial charge in [-0.05, 0) is 7.05 Å². The second-order valence-corrected chi connectivity index (χ2v) is 2.48. The maximum atomic E-state index is 9.54. The molecule has 0 aliphatic carbocycles. The summed E-state index contributed by atoms with van der Waals surface area (Å²) in [6.45, 7) is 3.29. The third-order valence-corrected chi connectivity index (χ3v) is 0.328. The van der Waals surface area contributed by atoms with Gasteiger partial charge in [0.25, 0.3) is 17.9 Å². The van der Waals surface area contributed by atoms with E-state index >= 15 is 0 Å². The van der Waals surface area contributed by atoms with E-state index in [9.17, 15) is 4.79 Å². The smallest absolute Gasteiger partial charge is 0.317 e. The van der Waals surface area contributed by atoms with Crippen molar-refractivity contribution in [1.29, 1.82) is 0 Å². The molecule has 0 fully saturated rings. The number of carboxylic acid groups (broad SMARTS) is 4. The monoisotopic (exact) mass is 269 g/mol. The minimum Gasteiger partial charge on any atom is -0.481 e. The second kappa shape index (κ2) is 20.3. The predicted molar refractivity (Wildman–Crippen MR) is 61.5 cm³/mol. The number of hydrogen-bond donors (Lipinski definition) is 5. The molecule has 18 heavy (non-hydrogen) atoms. The van der Waals surface area contributed by atoms with Crippen LogP contribution in [0.2, 0.25) is 0 Å². The SMILES string of the molecule is CC(=O)O.CC(=O)O.CC(=O)O.CNCC(=O)O. The molecular weight excluding hydrogens is 250 g/mol. The van der Waals surface area contributed by atoms with E-state index in [0.29, 0.717) is 0 Å². The highest BCUT2D eigenvalue weighted by molar-refractivity contribution is 5.68. The van der Waals surface area contributed by atoms with Crippen molar-refractivity contribution in [3.8, 4) is 0 Å². The summed E-state index contributed by atoms with van der Waals surface area (Å²) in [5.74, 6) is -3.32. The van der Waals surface area contributed by atoms with Crippen molar-refractivity contribution < 1.29 is 39.6 Å². The number of carboxylic acids is 4. The van der Waals surface area contributed by atoms with Crippen LogP contribution in [-0.4, -0.2) is 57.9 Å². The van der Waals surface area contributed by atoms with Crippen LogP contribution in [-0.2, 0) is 19.2 Å². The second-order valence-electron chi connectivity index (χ2n) is 2.48. The molecule has 0 amide bonds. The standard InChI is InChI=1S/C3H7NO2.3C2H4O2/c1-4-2-3(5)6;3*1-2(3)4/h4H,2H2,1H3,(H,5,6);3*1H3,(H,3,4). The van der Waals surface area contributed by atoms with E-state index in [2.05, 4.69) is 5.32 Å². The van der Waals surface area contributed by atoms with Crippen molar-refractivity contribution in [3.05, 3.63) is 0 Å². The van der Waals surface area contributed by atoms with Crippen LogP contribution in [0, 0.1) is 0 Å². The van der Waals surface area contributed by atoms with Crippen molar-refractivity contribution in [1.82, 2.24) is 5.32 Å². The fourth-order valence-corrected chi connectivity index (χ4v) is 0.151. The first-order chi connectivity index (χ1) is 7.97. The van der Waals surface area contributed by atoms with Gasteiger partial charge in [0.1, 0.15) is 0 Å². The van der Waals surface area contributed by atoms with Crippen molar-refractivity contribution in [3.63, 3.8) is 0 Å². The normalized spacial score (nSPS) is 6.89. The van der Waals surface area contributed by atoms with Gasteiger partial charge in [-0.2, -0.15) is 0 Å². The molecule has 9 nitrogen and oxygen atoms in total. The van der Waals surface area contributed by atoms with E-state index in [4.69, 9.17) is 34.8 Å². The largest absolute Gasteiger partial charge is 0.481 e. The molecule has 0 saturated carbocycles. The first-order valence-electron chi connectivity index (χ1n) is 4.42. The Morgan fingerprint density at radius 1 is 0.778 bits per heavy atom. The first-order valence-corrected chi connectivity index (χ1v) is 4.42. The highest BCUT2D eigenvalue weighted by Crippen LogP contribution is 1.50. The lowest BCUT2D eigenvalue weighted by Crippen LogP contribution is -2.16. The molecule has 0 aliphatic rings. The maximum Gasteiger partial charge on any atom is 0.317 e. The summed E-state index contributed by atoms with van der Waals surface area (Å²) in [4.78, 5) is 36.5. The van der Waals surface area contributed by atoms with Gasteiger partial charge in [-0.3, -0.25) is 19.2 Å². The van der Waals surface area contributed by atoms with Crippen molar-refractivity contribution in [2.24, 2.45) is 0 Å². The maximum absolute atomic E-state index is 9.54. The molecule has 0 atom stereocenters. The minimum absolute atomic E-state index is 0.0417. The van der Waals surface area contributed by atoms with Crippen LogP contribution in [0.4, 0.5) is 0 Å². The summed E-state index contributed by atoms with van der Waals surface area (Å²) in [6.07, 6.45) is 0. The summed E-state index contributed by atoms with van der Waals surface area (Å²) in [5, 5.41) is 32.6. The average molecular weight is 269 g/mol. The fraction of sp³-hybridized carbons (Fsp3) is 0.556. The molecule has 0 rings (SSSR count). The Morgan fingerprint density at radius 3 is 0.944 bits per heavy atom. The molecule has 9 heteroatoms. The van der Waals surface area contributed by atoms with Gasteiger partial charge in [0.2, 0.25) is 0 Å². The molecule has 0 spiro atoms. The third kappa shape index (κ3) is 3230. The lowest BCUT2D eigenvalue weighted by Gasteiger charge is -1.84. The van der Waals surface area contributed by atoms with Crippen molar-refractivity contribution in [2.45, 2.75) is 20.8 Å². The Hall–Kier alpha value is -2.16. The average Bonchev–Trinajstić information content (AvgIpc) is 1.98. The molecule has 0 aromatic rings. The molecule has 5 N–H and O–H groups in total. The lowest BCUT2D eigenvalue weighted by molar-refractivity contribution is -0.136. The van der Waals surface area contributed by atoms with Gasteiger partial charge < -0.3 is 25.7 Å². The molecule has 0 aliphatic heterocycles. The van der Waals surface area contributed by atoms with Crippen LogP contribution in [0.3, 0.4) is 0 Å². The Balaban J connectivity index is -0.0000000742. The van der Waals surface area contributed by atoms with Crippen molar-refractivity contribution in [2.75, 3.05) is 13.6 Å². The Labute approximate surface area is 104 Å². The van der Waals surface area contributed by atoms with Crippen LogP contribution in [0.25, 0.3) is 0 Å². The zero-order chi connectivity index (χ0) is 15.7. The summed E-state index contributed by atoms with van der Waals surface area (Å²) in [7, 11) is 1.59. The van der Waals surface area contributed by atoms with Gasteiger partial charge in [0.05, 0.1) is 6.54 Å². The molecule has 0 saturated heterocycles. The molecule has 0 radical (unpaired) electrons. The summed E-state index contributed by atoms with van der Waals surface area (Å²) in [5.41, 5.74) is 0. The van der Waals surface area contributed by atoms with Crippen LogP contribution in [0.5, 0.6) is 0 Å². The molecule has 108 valence electrons. The number of aliphatic carboxylic acids is 4.